The Balaban J connectivity index is 2.74. The minimum atomic E-state index is 0.396. The van der Waals surface area contributed by atoms with Crippen LogP contribution in [0.3, 0.4) is 0 Å². The quantitative estimate of drug-likeness (QED) is 0.703. The first-order valence-corrected chi connectivity index (χ1v) is 4.82. The minimum absolute atomic E-state index is 0.396. The molecule has 0 saturated carbocycles. The summed E-state index contributed by atoms with van der Waals surface area (Å²) in [4.78, 5) is 8.40. The second-order valence-electron chi connectivity index (χ2n) is 3.19. The van der Waals surface area contributed by atoms with Gasteiger partial charge in [0.2, 0.25) is 0 Å². The van der Waals surface area contributed by atoms with E-state index in [9.17, 15) is 0 Å². The van der Waals surface area contributed by atoms with Crippen LogP contribution < -0.4 is 5.01 Å². The number of aromatic nitrogens is 3. The Morgan fingerprint density at radius 3 is 2.93 bits per heavy atom. The van der Waals surface area contributed by atoms with Crippen molar-refractivity contribution in [3.8, 4) is 0 Å². The molecule has 0 N–H and O–H groups in total. The van der Waals surface area contributed by atoms with Crippen molar-refractivity contribution >= 4 is 22.6 Å². The number of rotatable bonds is 2. The standard InChI is InChI=1S/C9H11ClN4/c1-13(2)14-8-3-4-11-6-7(8)12-9(14)5-10/h3-4,6H,5H2,1-2H3. The number of halogens is 1. The summed E-state index contributed by atoms with van der Waals surface area (Å²) in [5.41, 5.74) is 1.90. The zero-order chi connectivity index (χ0) is 10.1. The van der Waals surface area contributed by atoms with Gasteiger partial charge in [-0.2, -0.15) is 0 Å². The van der Waals surface area contributed by atoms with Crippen molar-refractivity contribution in [2.24, 2.45) is 0 Å². The number of alkyl halides is 1. The first-order valence-electron chi connectivity index (χ1n) is 4.29. The van der Waals surface area contributed by atoms with Gasteiger partial charge in [0, 0.05) is 20.3 Å². The predicted octanol–water partition coefficient (Wildman–Crippen LogP) is 1.37. The van der Waals surface area contributed by atoms with E-state index in [4.69, 9.17) is 11.6 Å². The van der Waals surface area contributed by atoms with Gasteiger partial charge in [-0.25, -0.2) is 9.66 Å². The Kier molecular flexibility index (Phi) is 2.29. The van der Waals surface area contributed by atoms with Crippen molar-refractivity contribution < 1.29 is 0 Å². The van der Waals surface area contributed by atoms with Crippen LogP contribution in [0.2, 0.25) is 0 Å². The lowest BCUT2D eigenvalue weighted by Gasteiger charge is -2.16. The Bertz CT molecular complexity index is 449. The topological polar surface area (TPSA) is 34.0 Å². The summed E-state index contributed by atoms with van der Waals surface area (Å²) in [7, 11) is 3.91. The molecule has 2 aromatic heterocycles. The van der Waals surface area contributed by atoms with Gasteiger partial charge in [-0.3, -0.25) is 4.98 Å². The molecule has 14 heavy (non-hydrogen) atoms. The van der Waals surface area contributed by atoms with E-state index in [-0.39, 0.29) is 0 Å². The highest BCUT2D eigenvalue weighted by Crippen LogP contribution is 2.15. The maximum atomic E-state index is 5.82. The van der Waals surface area contributed by atoms with Gasteiger partial charge in [-0.1, -0.05) is 0 Å². The molecule has 2 heterocycles. The lowest BCUT2D eigenvalue weighted by molar-refractivity contribution is 0.719. The first kappa shape index (κ1) is 9.27. The van der Waals surface area contributed by atoms with Crippen molar-refractivity contribution in [1.82, 2.24) is 14.6 Å². The zero-order valence-electron chi connectivity index (χ0n) is 8.11. The summed E-state index contributed by atoms with van der Waals surface area (Å²) in [6, 6.07) is 1.93. The van der Waals surface area contributed by atoms with Crippen LogP contribution in [0.1, 0.15) is 5.82 Å². The Morgan fingerprint density at radius 2 is 2.29 bits per heavy atom. The SMILES string of the molecule is CN(C)n1c(CCl)nc2cnccc21. The van der Waals surface area contributed by atoms with Gasteiger partial charge in [-0.15, -0.1) is 11.6 Å². The number of hydrogen-bond acceptors (Lipinski definition) is 3. The number of hydrogen-bond donors (Lipinski definition) is 0. The van der Waals surface area contributed by atoms with E-state index in [1.165, 1.54) is 0 Å². The molecular formula is C9H11ClN4. The molecule has 0 amide bonds. The molecule has 0 saturated heterocycles. The third-order valence-electron chi connectivity index (χ3n) is 2.02. The summed E-state index contributed by atoms with van der Waals surface area (Å²) in [5.74, 6) is 1.23. The lowest BCUT2D eigenvalue weighted by atomic mass is 10.4. The average molecular weight is 211 g/mol. The summed E-state index contributed by atoms with van der Waals surface area (Å²) >= 11 is 5.82. The molecule has 0 radical (unpaired) electrons. The summed E-state index contributed by atoms with van der Waals surface area (Å²) in [6.45, 7) is 0. The van der Waals surface area contributed by atoms with Crippen LogP contribution in [-0.2, 0) is 5.88 Å². The maximum absolute atomic E-state index is 5.82. The first-order chi connectivity index (χ1) is 6.74. The molecule has 0 atom stereocenters. The van der Waals surface area contributed by atoms with E-state index in [0.29, 0.717) is 5.88 Å². The van der Waals surface area contributed by atoms with Crippen molar-refractivity contribution in [1.29, 1.82) is 0 Å². The normalized spacial score (nSPS) is 10.8. The fourth-order valence-corrected chi connectivity index (χ4v) is 1.68. The summed E-state index contributed by atoms with van der Waals surface area (Å²) < 4.78 is 1.98. The number of fused-ring (bicyclic) bond motifs is 1. The summed E-state index contributed by atoms with van der Waals surface area (Å²) in [6.07, 6.45) is 3.49. The van der Waals surface area contributed by atoms with Crippen LogP contribution in [0, 0.1) is 0 Å². The molecule has 0 fully saturated rings. The second-order valence-corrected chi connectivity index (χ2v) is 3.45. The average Bonchev–Trinajstić information content (AvgIpc) is 2.55. The highest BCUT2D eigenvalue weighted by atomic mass is 35.5. The summed E-state index contributed by atoms with van der Waals surface area (Å²) in [5, 5.41) is 1.95. The van der Waals surface area contributed by atoms with E-state index >= 15 is 0 Å². The van der Waals surface area contributed by atoms with E-state index in [0.717, 1.165) is 16.9 Å². The van der Waals surface area contributed by atoms with Gasteiger partial charge >= 0.3 is 0 Å². The maximum Gasteiger partial charge on any atom is 0.143 e. The molecule has 0 aliphatic heterocycles. The predicted molar refractivity (Wildman–Crippen MR) is 57.2 cm³/mol. The molecule has 74 valence electrons. The number of pyridine rings is 1. The van der Waals surface area contributed by atoms with Crippen molar-refractivity contribution in [2.45, 2.75) is 5.88 Å². The second kappa shape index (κ2) is 3.46. The molecule has 0 bridgehead atoms. The van der Waals surface area contributed by atoms with Gasteiger partial charge in [0.15, 0.2) is 0 Å². The molecule has 4 nitrogen and oxygen atoms in total. The monoisotopic (exact) mass is 210 g/mol. The van der Waals surface area contributed by atoms with Crippen LogP contribution >= 0.6 is 11.6 Å². The van der Waals surface area contributed by atoms with E-state index in [1.54, 1.807) is 12.4 Å². The third kappa shape index (κ3) is 1.32. The van der Waals surface area contributed by atoms with Crippen LogP contribution in [0.15, 0.2) is 18.5 Å². The fourth-order valence-electron chi connectivity index (χ4n) is 1.50. The molecule has 0 aromatic carbocycles. The smallest absolute Gasteiger partial charge is 0.143 e. The number of nitrogens with zero attached hydrogens (tertiary/aromatic N) is 4. The molecule has 2 rings (SSSR count). The van der Waals surface area contributed by atoms with Crippen LogP contribution in [0.4, 0.5) is 0 Å². The van der Waals surface area contributed by atoms with E-state index in [2.05, 4.69) is 9.97 Å². The molecule has 0 unspecified atom stereocenters. The minimum Gasteiger partial charge on any atom is -0.317 e. The Hall–Kier alpha value is -1.29. The fraction of sp³-hybridized carbons (Fsp3) is 0.333. The highest BCUT2D eigenvalue weighted by Gasteiger charge is 2.10. The van der Waals surface area contributed by atoms with Crippen LogP contribution in [0.5, 0.6) is 0 Å². The third-order valence-corrected chi connectivity index (χ3v) is 2.26. The van der Waals surface area contributed by atoms with Gasteiger partial charge in [0.1, 0.15) is 11.3 Å². The molecule has 5 heteroatoms. The van der Waals surface area contributed by atoms with Gasteiger partial charge in [-0.05, 0) is 6.07 Å². The van der Waals surface area contributed by atoms with Crippen LogP contribution in [0.25, 0.3) is 11.0 Å². The Morgan fingerprint density at radius 1 is 1.50 bits per heavy atom. The largest absolute Gasteiger partial charge is 0.317 e. The van der Waals surface area contributed by atoms with Crippen LogP contribution in [-0.4, -0.2) is 28.7 Å². The molecule has 0 aliphatic carbocycles. The molecule has 2 aromatic rings. The van der Waals surface area contributed by atoms with E-state index < -0.39 is 0 Å². The van der Waals surface area contributed by atoms with Gasteiger partial charge < -0.3 is 5.01 Å². The van der Waals surface area contributed by atoms with Crippen molar-refractivity contribution in [2.75, 3.05) is 19.1 Å². The highest BCUT2D eigenvalue weighted by molar-refractivity contribution is 6.16. The Labute approximate surface area is 87.1 Å². The van der Waals surface area contributed by atoms with Gasteiger partial charge in [0.05, 0.1) is 17.6 Å². The van der Waals surface area contributed by atoms with E-state index in [1.807, 2.05) is 29.8 Å². The molecule has 0 aliphatic rings. The zero-order valence-corrected chi connectivity index (χ0v) is 8.86. The van der Waals surface area contributed by atoms with Gasteiger partial charge in [0.25, 0.3) is 0 Å². The molecular weight excluding hydrogens is 200 g/mol. The number of imidazole rings is 1. The van der Waals surface area contributed by atoms with Crippen molar-refractivity contribution in [3.05, 3.63) is 24.3 Å². The lowest BCUT2D eigenvalue weighted by Crippen LogP contribution is -2.26. The van der Waals surface area contributed by atoms with Crippen molar-refractivity contribution in [3.63, 3.8) is 0 Å². The molecule has 0 spiro atoms.